The summed E-state index contributed by atoms with van der Waals surface area (Å²) in [5, 5.41) is 4.55. The standard InChI is InChI=1S/C18H36N2S/c1-4-11-19-14-18(9-7-5-6-8-10-18)15-20-12-13-21-17(3)16(20)2/h16-17,19H,4-15H2,1-3H3. The van der Waals surface area contributed by atoms with Gasteiger partial charge in [0.25, 0.3) is 0 Å². The van der Waals surface area contributed by atoms with Crippen molar-refractivity contribution >= 4 is 11.8 Å². The van der Waals surface area contributed by atoms with Gasteiger partial charge in [0.1, 0.15) is 0 Å². The van der Waals surface area contributed by atoms with Gasteiger partial charge in [-0.15, -0.1) is 0 Å². The van der Waals surface area contributed by atoms with Gasteiger partial charge < -0.3 is 5.32 Å². The number of hydrogen-bond donors (Lipinski definition) is 1. The second-order valence-electron chi connectivity index (χ2n) is 7.38. The number of rotatable bonds is 6. The van der Waals surface area contributed by atoms with Crippen LogP contribution < -0.4 is 5.32 Å². The molecule has 0 aromatic heterocycles. The Bertz CT molecular complexity index is 287. The Hall–Kier alpha value is 0.270. The summed E-state index contributed by atoms with van der Waals surface area (Å²) in [5.74, 6) is 1.32. The van der Waals surface area contributed by atoms with Crippen LogP contribution >= 0.6 is 11.8 Å². The number of hydrogen-bond acceptors (Lipinski definition) is 3. The fourth-order valence-electron chi connectivity index (χ4n) is 4.05. The van der Waals surface area contributed by atoms with Gasteiger partial charge in [-0.3, -0.25) is 4.90 Å². The van der Waals surface area contributed by atoms with Crippen molar-refractivity contribution in [1.29, 1.82) is 0 Å². The summed E-state index contributed by atoms with van der Waals surface area (Å²) in [5.41, 5.74) is 0.543. The van der Waals surface area contributed by atoms with Crippen molar-refractivity contribution in [3.05, 3.63) is 0 Å². The minimum atomic E-state index is 0.543. The molecule has 3 heteroatoms. The minimum Gasteiger partial charge on any atom is -0.316 e. The first-order valence-corrected chi connectivity index (χ1v) is 10.3. The summed E-state index contributed by atoms with van der Waals surface area (Å²) in [4.78, 5) is 2.81. The minimum absolute atomic E-state index is 0.543. The highest BCUT2D eigenvalue weighted by Crippen LogP contribution is 2.37. The van der Waals surface area contributed by atoms with Gasteiger partial charge in [-0.1, -0.05) is 39.5 Å². The predicted octanol–water partition coefficient (Wildman–Crippen LogP) is 4.15. The van der Waals surface area contributed by atoms with E-state index in [1.54, 1.807) is 0 Å². The van der Waals surface area contributed by atoms with E-state index < -0.39 is 0 Å². The topological polar surface area (TPSA) is 15.3 Å². The number of thioether (sulfide) groups is 1. The molecule has 124 valence electrons. The molecule has 2 aliphatic rings. The monoisotopic (exact) mass is 312 g/mol. The zero-order valence-corrected chi connectivity index (χ0v) is 15.3. The average Bonchev–Trinajstić information content (AvgIpc) is 2.70. The molecule has 0 bridgehead atoms. The Morgan fingerprint density at radius 2 is 1.86 bits per heavy atom. The van der Waals surface area contributed by atoms with Crippen molar-refractivity contribution in [2.24, 2.45) is 5.41 Å². The molecule has 2 atom stereocenters. The molecular weight excluding hydrogens is 276 g/mol. The highest BCUT2D eigenvalue weighted by molar-refractivity contribution is 8.00. The average molecular weight is 313 g/mol. The first-order chi connectivity index (χ1) is 10.2. The van der Waals surface area contributed by atoms with Crippen molar-refractivity contribution in [2.75, 3.05) is 31.9 Å². The molecule has 2 nitrogen and oxygen atoms in total. The molecule has 1 heterocycles. The summed E-state index contributed by atoms with van der Waals surface area (Å²) >= 11 is 2.16. The van der Waals surface area contributed by atoms with E-state index >= 15 is 0 Å². The van der Waals surface area contributed by atoms with Gasteiger partial charge >= 0.3 is 0 Å². The van der Waals surface area contributed by atoms with Crippen LogP contribution in [0.3, 0.4) is 0 Å². The first kappa shape index (κ1) is 17.6. The number of nitrogens with one attached hydrogen (secondary N) is 1. The smallest absolute Gasteiger partial charge is 0.0184 e. The van der Waals surface area contributed by atoms with Gasteiger partial charge in [-0.25, -0.2) is 0 Å². The van der Waals surface area contributed by atoms with E-state index in [9.17, 15) is 0 Å². The first-order valence-electron chi connectivity index (χ1n) is 9.23. The SMILES string of the molecule is CCCNCC1(CN2CCSC(C)C2C)CCCCCC1. The summed E-state index contributed by atoms with van der Waals surface area (Å²) < 4.78 is 0. The lowest BCUT2D eigenvalue weighted by Gasteiger charge is -2.44. The Labute approximate surface area is 136 Å². The van der Waals surface area contributed by atoms with Crippen molar-refractivity contribution < 1.29 is 0 Å². The van der Waals surface area contributed by atoms with Crippen LogP contribution in [-0.2, 0) is 0 Å². The summed E-state index contributed by atoms with van der Waals surface area (Å²) in [6.07, 6.45) is 9.93. The maximum atomic E-state index is 3.76. The van der Waals surface area contributed by atoms with Gasteiger partial charge in [0.2, 0.25) is 0 Å². The highest BCUT2D eigenvalue weighted by atomic mass is 32.2. The molecule has 21 heavy (non-hydrogen) atoms. The van der Waals surface area contributed by atoms with E-state index in [1.165, 1.54) is 76.9 Å². The molecule has 1 N–H and O–H groups in total. The van der Waals surface area contributed by atoms with Crippen LogP contribution in [0, 0.1) is 5.41 Å². The van der Waals surface area contributed by atoms with Gasteiger partial charge in [0.05, 0.1) is 0 Å². The maximum absolute atomic E-state index is 3.76. The van der Waals surface area contributed by atoms with Gasteiger partial charge in [-0.05, 0) is 38.1 Å². The van der Waals surface area contributed by atoms with Gasteiger partial charge in [-0.2, -0.15) is 11.8 Å². The lowest BCUT2D eigenvalue weighted by molar-refractivity contribution is 0.100. The molecular formula is C18H36N2S. The fourth-order valence-corrected chi connectivity index (χ4v) is 5.21. The fraction of sp³-hybridized carbons (Fsp3) is 1.00. The zero-order valence-electron chi connectivity index (χ0n) is 14.5. The third-order valence-electron chi connectivity index (χ3n) is 5.64. The Morgan fingerprint density at radius 1 is 1.14 bits per heavy atom. The molecule has 2 unspecified atom stereocenters. The Morgan fingerprint density at radius 3 is 2.52 bits per heavy atom. The molecule has 2 rings (SSSR count). The van der Waals surface area contributed by atoms with E-state index in [0.717, 1.165) is 11.3 Å². The van der Waals surface area contributed by atoms with Gasteiger partial charge in [0, 0.05) is 36.7 Å². The molecule has 0 aromatic rings. The molecule has 1 aliphatic carbocycles. The second kappa shape index (κ2) is 8.79. The molecule has 1 saturated heterocycles. The molecule has 0 radical (unpaired) electrons. The zero-order chi connectivity index (χ0) is 15.1. The van der Waals surface area contributed by atoms with Crippen molar-refractivity contribution in [2.45, 2.75) is 77.0 Å². The molecule has 0 amide bonds. The van der Waals surface area contributed by atoms with Crippen LogP contribution in [0.5, 0.6) is 0 Å². The Kier molecular flexibility index (Phi) is 7.37. The maximum Gasteiger partial charge on any atom is 0.0184 e. The van der Waals surface area contributed by atoms with E-state index in [-0.39, 0.29) is 0 Å². The van der Waals surface area contributed by atoms with E-state index in [2.05, 4.69) is 42.7 Å². The number of nitrogens with zero attached hydrogens (tertiary/aromatic N) is 1. The summed E-state index contributed by atoms with van der Waals surface area (Å²) in [6, 6.07) is 0.745. The second-order valence-corrected chi connectivity index (χ2v) is 8.86. The van der Waals surface area contributed by atoms with Crippen LogP contribution in [0.15, 0.2) is 0 Å². The third-order valence-corrected chi connectivity index (χ3v) is 6.98. The van der Waals surface area contributed by atoms with Crippen LogP contribution in [-0.4, -0.2) is 48.1 Å². The lowest BCUT2D eigenvalue weighted by Crippen LogP contribution is -2.52. The van der Waals surface area contributed by atoms with Crippen molar-refractivity contribution in [3.63, 3.8) is 0 Å². The molecule has 2 fully saturated rings. The van der Waals surface area contributed by atoms with Gasteiger partial charge in [0.15, 0.2) is 0 Å². The predicted molar refractivity (Wildman–Crippen MR) is 96.3 cm³/mol. The van der Waals surface area contributed by atoms with Crippen LogP contribution in [0.25, 0.3) is 0 Å². The third kappa shape index (κ3) is 5.14. The summed E-state index contributed by atoms with van der Waals surface area (Å²) in [7, 11) is 0. The van der Waals surface area contributed by atoms with E-state index in [4.69, 9.17) is 0 Å². The lowest BCUT2D eigenvalue weighted by atomic mass is 9.79. The van der Waals surface area contributed by atoms with E-state index in [1.807, 2.05) is 0 Å². The molecule has 1 saturated carbocycles. The van der Waals surface area contributed by atoms with Crippen LogP contribution in [0.4, 0.5) is 0 Å². The normalized spacial score (nSPS) is 31.0. The highest BCUT2D eigenvalue weighted by Gasteiger charge is 2.36. The van der Waals surface area contributed by atoms with Crippen LogP contribution in [0.2, 0.25) is 0 Å². The van der Waals surface area contributed by atoms with Crippen LogP contribution in [0.1, 0.15) is 65.7 Å². The quantitative estimate of drug-likeness (QED) is 0.586. The molecule has 1 aliphatic heterocycles. The Balaban J connectivity index is 1.99. The largest absolute Gasteiger partial charge is 0.316 e. The molecule has 0 aromatic carbocycles. The summed E-state index contributed by atoms with van der Waals surface area (Å²) in [6.45, 7) is 12.2. The van der Waals surface area contributed by atoms with Crippen molar-refractivity contribution in [3.8, 4) is 0 Å². The van der Waals surface area contributed by atoms with Crippen molar-refractivity contribution in [1.82, 2.24) is 10.2 Å². The molecule has 0 spiro atoms. The van der Waals surface area contributed by atoms with E-state index in [0.29, 0.717) is 5.41 Å².